The second-order valence-corrected chi connectivity index (χ2v) is 1.06. The summed E-state index contributed by atoms with van der Waals surface area (Å²) in [6.07, 6.45) is 0.384. The Kier molecular flexibility index (Phi) is 2.19. The van der Waals surface area contributed by atoms with Gasteiger partial charge in [-0.2, -0.15) is 0 Å². The van der Waals surface area contributed by atoms with Gasteiger partial charge in [0, 0.05) is 0 Å². The summed E-state index contributed by atoms with van der Waals surface area (Å²) in [5.41, 5.74) is 0. The highest BCUT2D eigenvalue weighted by Crippen LogP contribution is 1.80. The Morgan fingerprint density at radius 3 is 2.20 bits per heavy atom. The zero-order valence-electron chi connectivity index (χ0n) is 3.44. The molecule has 1 atom stereocenters. The fraction of sp³-hybridized carbons (Fsp3) is 0.750. The lowest BCUT2D eigenvalue weighted by atomic mass is 10.3. The fourth-order valence-electron chi connectivity index (χ4n) is 0. The minimum Gasteiger partial charge on any atom is -0.393 e. The van der Waals surface area contributed by atoms with Crippen molar-refractivity contribution < 1.29 is 5.11 Å². The van der Waals surface area contributed by atoms with Gasteiger partial charge in [0.25, 0.3) is 0 Å². The smallest absolute Gasteiger partial charge is 0.0538 e. The van der Waals surface area contributed by atoms with E-state index in [2.05, 4.69) is 6.92 Å². The van der Waals surface area contributed by atoms with Gasteiger partial charge in [-0.1, -0.05) is 6.92 Å². The Morgan fingerprint density at radius 2 is 2.20 bits per heavy atom. The molecule has 1 N–H and O–H groups in total. The molecule has 0 aliphatic carbocycles. The van der Waals surface area contributed by atoms with Crippen LogP contribution in [-0.2, 0) is 0 Å². The summed E-state index contributed by atoms with van der Waals surface area (Å²) in [4.78, 5) is 0. The van der Waals surface area contributed by atoms with Gasteiger partial charge >= 0.3 is 0 Å². The molecule has 5 heavy (non-hydrogen) atoms. The maximum Gasteiger partial charge on any atom is 0.0538 e. The highest BCUT2D eigenvalue weighted by molar-refractivity contribution is 4.49. The van der Waals surface area contributed by atoms with Crippen molar-refractivity contribution in [2.24, 2.45) is 0 Å². The van der Waals surface area contributed by atoms with Crippen LogP contribution in [0.5, 0.6) is 0 Å². The van der Waals surface area contributed by atoms with Gasteiger partial charge in [0.05, 0.1) is 6.10 Å². The van der Waals surface area contributed by atoms with Crippen LogP contribution in [0.3, 0.4) is 0 Å². The third-order valence-electron chi connectivity index (χ3n) is 0.471. The molecular weight excluding hydrogens is 64.0 g/mol. The minimum atomic E-state index is -0.366. The molecule has 31 valence electrons. The van der Waals surface area contributed by atoms with E-state index in [4.69, 9.17) is 5.11 Å². The summed E-state index contributed by atoms with van der Waals surface area (Å²) in [5.74, 6) is 0. The van der Waals surface area contributed by atoms with Crippen LogP contribution in [-0.4, -0.2) is 11.2 Å². The van der Waals surface area contributed by atoms with E-state index in [1.807, 2.05) is 6.92 Å². The zero-order chi connectivity index (χ0) is 4.28. The number of aliphatic hydroxyl groups is 1. The van der Waals surface area contributed by atoms with E-state index in [9.17, 15) is 0 Å². The molecule has 0 saturated heterocycles. The minimum absolute atomic E-state index is 0.366. The van der Waals surface area contributed by atoms with Gasteiger partial charge in [-0.15, -0.1) is 0 Å². The van der Waals surface area contributed by atoms with Crippen LogP contribution in [0.2, 0.25) is 0 Å². The zero-order valence-corrected chi connectivity index (χ0v) is 3.44. The Hall–Kier alpha value is -0.0400. The molecule has 0 spiro atoms. The lowest BCUT2D eigenvalue weighted by Gasteiger charge is -1.90. The average Bonchev–Trinajstić information content (AvgIpc) is 1.38. The molecule has 0 aromatic heterocycles. The Morgan fingerprint density at radius 1 is 2.00 bits per heavy atom. The molecular formula is C4H9O. The summed E-state index contributed by atoms with van der Waals surface area (Å²) in [6, 6.07) is 0. The van der Waals surface area contributed by atoms with Crippen molar-refractivity contribution in [1.82, 2.24) is 0 Å². The number of rotatable bonds is 1. The Bertz CT molecular complexity index is 17.6. The number of aliphatic hydroxyl groups excluding tert-OH is 1. The maximum absolute atomic E-state index is 8.25. The van der Waals surface area contributed by atoms with Gasteiger partial charge < -0.3 is 5.11 Å². The second-order valence-electron chi connectivity index (χ2n) is 1.06. The molecule has 0 saturated carbocycles. The molecule has 1 heteroatoms. The molecule has 0 unspecified atom stereocenters. The molecule has 1 nitrogen and oxygen atoms in total. The molecule has 0 aromatic rings. The maximum atomic E-state index is 8.25. The summed E-state index contributed by atoms with van der Waals surface area (Å²) >= 11 is 0. The summed E-state index contributed by atoms with van der Waals surface area (Å²) in [5, 5.41) is 8.25. The predicted molar refractivity (Wildman–Crippen MR) is 21.7 cm³/mol. The molecule has 0 rings (SSSR count). The molecule has 0 amide bonds. The molecule has 0 aliphatic rings. The van der Waals surface area contributed by atoms with Crippen molar-refractivity contribution in [2.45, 2.75) is 19.4 Å². The number of hydrogen-bond donors (Lipinski definition) is 1. The monoisotopic (exact) mass is 73.1 g/mol. The second kappa shape index (κ2) is 2.21. The Labute approximate surface area is 32.6 Å². The quantitative estimate of drug-likeness (QED) is 0.481. The van der Waals surface area contributed by atoms with Crippen LogP contribution in [0.15, 0.2) is 0 Å². The summed E-state index contributed by atoms with van der Waals surface area (Å²) in [6.45, 7) is 5.20. The van der Waals surface area contributed by atoms with E-state index in [-0.39, 0.29) is 6.10 Å². The first-order valence-electron chi connectivity index (χ1n) is 1.78. The summed E-state index contributed by atoms with van der Waals surface area (Å²) in [7, 11) is 0. The first-order chi connectivity index (χ1) is 2.27. The first-order valence-corrected chi connectivity index (χ1v) is 1.78. The van der Waals surface area contributed by atoms with E-state index < -0.39 is 0 Å². The van der Waals surface area contributed by atoms with Crippen molar-refractivity contribution in [1.29, 1.82) is 0 Å². The van der Waals surface area contributed by atoms with Gasteiger partial charge in [-0.25, -0.2) is 0 Å². The van der Waals surface area contributed by atoms with Crippen LogP contribution in [0.25, 0.3) is 0 Å². The molecule has 0 bridgehead atoms. The highest BCUT2D eigenvalue weighted by Gasteiger charge is 1.82. The molecule has 0 fully saturated rings. The van der Waals surface area contributed by atoms with Gasteiger partial charge in [-0.05, 0) is 13.3 Å². The predicted octanol–water partition coefficient (Wildman–Crippen LogP) is 0.591. The number of hydrogen-bond acceptors (Lipinski definition) is 1. The lowest BCUT2D eigenvalue weighted by Crippen LogP contribution is -1.93. The SMILES string of the molecule is [CH2][C@H](O)CC. The van der Waals surface area contributed by atoms with E-state index in [0.717, 1.165) is 6.42 Å². The average molecular weight is 73.1 g/mol. The normalized spacial score (nSPS) is 15.0. The highest BCUT2D eigenvalue weighted by atomic mass is 16.3. The lowest BCUT2D eigenvalue weighted by molar-refractivity contribution is 0.216. The van der Waals surface area contributed by atoms with Crippen LogP contribution >= 0.6 is 0 Å². The van der Waals surface area contributed by atoms with E-state index in [1.165, 1.54) is 0 Å². The Balaban J connectivity index is 2.54. The van der Waals surface area contributed by atoms with Crippen molar-refractivity contribution in [3.63, 3.8) is 0 Å². The van der Waals surface area contributed by atoms with Gasteiger partial charge in [0.2, 0.25) is 0 Å². The standard InChI is InChI=1S/C4H9O/c1-3-4(2)5/h4-5H,2-3H2,1H3/t4-/m0/s1. The fourth-order valence-corrected chi connectivity index (χ4v) is 0. The molecule has 0 aliphatic heterocycles. The molecule has 1 radical (unpaired) electrons. The van der Waals surface area contributed by atoms with Crippen LogP contribution in [0, 0.1) is 6.92 Å². The molecule has 0 heterocycles. The van der Waals surface area contributed by atoms with Crippen molar-refractivity contribution in [3.8, 4) is 0 Å². The van der Waals surface area contributed by atoms with Crippen LogP contribution in [0.4, 0.5) is 0 Å². The van der Waals surface area contributed by atoms with Crippen molar-refractivity contribution in [2.75, 3.05) is 0 Å². The molecule has 0 aromatic carbocycles. The first kappa shape index (κ1) is 4.96. The summed E-state index contributed by atoms with van der Waals surface area (Å²) < 4.78 is 0. The van der Waals surface area contributed by atoms with E-state index in [1.54, 1.807) is 0 Å². The van der Waals surface area contributed by atoms with E-state index >= 15 is 0 Å². The van der Waals surface area contributed by atoms with Gasteiger partial charge in [-0.3, -0.25) is 0 Å². The van der Waals surface area contributed by atoms with Gasteiger partial charge in [0.1, 0.15) is 0 Å². The van der Waals surface area contributed by atoms with Crippen molar-refractivity contribution in [3.05, 3.63) is 6.92 Å². The largest absolute Gasteiger partial charge is 0.393 e. The third-order valence-corrected chi connectivity index (χ3v) is 0.471. The van der Waals surface area contributed by atoms with Crippen LogP contribution in [0.1, 0.15) is 13.3 Å². The topological polar surface area (TPSA) is 20.2 Å². The third kappa shape index (κ3) is 3.96. The van der Waals surface area contributed by atoms with Crippen molar-refractivity contribution >= 4 is 0 Å². The van der Waals surface area contributed by atoms with Crippen LogP contribution < -0.4 is 0 Å². The van der Waals surface area contributed by atoms with E-state index in [0.29, 0.717) is 0 Å². The van der Waals surface area contributed by atoms with Gasteiger partial charge in [0.15, 0.2) is 0 Å².